The molecule has 30 heavy (non-hydrogen) atoms. The summed E-state index contributed by atoms with van der Waals surface area (Å²) in [6.07, 6.45) is 2.03. The van der Waals surface area contributed by atoms with Gasteiger partial charge in [0.15, 0.2) is 0 Å². The Morgan fingerprint density at radius 1 is 1.17 bits per heavy atom. The first-order chi connectivity index (χ1) is 14.3. The van der Waals surface area contributed by atoms with E-state index >= 15 is 0 Å². The molecule has 0 bridgehead atoms. The smallest absolute Gasteiger partial charge is 0.248 e. The molecule has 1 amide bonds. The predicted molar refractivity (Wildman–Crippen MR) is 112 cm³/mol. The maximum atomic E-state index is 13.2. The first kappa shape index (κ1) is 22.0. The lowest BCUT2D eigenvalue weighted by Crippen LogP contribution is -2.49. The van der Waals surface area contributed by atoms with Gasteiger partial charge in [0.1, 0.15) is 29.8 Å². The number of benzene rings is 1. The number of methoxy groups -OCH3 is 2. The molecular weight excluding hydrogens is 382 g/mol. The third-order valence-corrected chi connectivity index (χ3v) is 6.31. The Kier molecular flexibility index (Phi) is 6.62. The van der Waals surface area contributed by atoms with Gasteiger partial charge < -0.3 is 14.4 Å². The average molecular weight is 411 g/mol. The van der Waals surface area contributed by atoms with Crippen LogP contribution >= 0.6 is 0 Å². The van der Waals surface area contributed by atoms with Crippen molar-refractivity contribution in [2.75, 3.05) is 33.9 Å². The molecule has 1 aliphatic heterocycles. The zero-order valence-corrected chi connectivity index (χ0v) is 18.2. The van der Waals surface area contributed by atoms with E-state index in [0.717, 1.165) is 11.1 Å². The van der Waals surface area contributed by atoms with E-state index in [0.29, 0.717) is 50.1 Å². The molecular formula is C24H29NO5. The van der Waals surface area contributed by atoms with Crippen LogP contribution in [0.5, 0.6) is 5.75 Å². The highest BCUT2D eigenvalue weighted by atomic mass is 16.5. The first-order valence-corrected chi connectivity index (χ1v) is 10.3. The van der Waals surface area contributed by atoms with Gasteiger partial charge >= 0.3 is 0 Å². The van der Waals surface area contributed by atoms with E-state index in [4.69, 9.17) is 9.47 Å². The van der Waals surface area contributed by atoms with E-state index in [1.165, 1.54) is 7.11 Å². The normalized spacial score (nSPS) is 18.9. The van der Waals surface area contributed by atoms with Gasteiger partial charge in [-0.3, -0.25) is 14.4 Å². The minimum absolute atomic E-state index is 0.0469. The molecule has 0 aromatic heterocycles. The topological polar surface area (TPSA) is 72.9 Å². The van der Waals surface area contributed by atoms with Crippen molar-refractivity contribution >= 4 is 17.5 Å². The summed E-state index contributed by atoms with van der Waals surface area (Å²) in [7, 11) is 3.05. The van der Waals surface area contributed by atoms with Crippen molar-refractivity contribution in [3.63, 3.8) is 0 Å². The van der Waals surface area contributed by atoms with Crippen LogP contribution < -0.4 is 4.74 Å². The number of aryl methyl sites for hydroxylation is 1. The molecule has 160 valence electrons. The van der Waals surface area contributed by atoms with Crippen LogP contribution in [0.1, 0.15) is 55.2 Å². The van der Waals surface area contributed by atoms with E-state index in [-0.39, 0.29) is 29.5 Å². The van der Waals surface area contributed by atoms with Crippen molar-refractivity contribution in [2.24, 2.45) is 5.41 Å². The van der Waals surface area contributed by atoms with Gasteiger partial charge in [-0.2, -0.15) is 0 Å². The van der Waals surface area contributed by atoms with E-state index in [2.05, 4.69) is 11.8 Å². The molecule has 6 heteroatoms. The fraction of sp³-hybridized carbons (Fsp3) is 0.542. The summed E-state index contributed by atoms with van der Waals surface area (Å²) in [4.78, 5) is 40.3. The highest BCUT2D eigenvalue weighted by Gasteiger charge is 2.48. The van der Waals surface area contributed by atoms with Crippen molar-refractivity contribution in [1.82, 2.24) is 4.90 Å². The molecule has 1 heterocycles. The Morgan fingerprint density at radius 2 is 1.80 bits per heavy atom. The number of amides is 1. The second-order valence-corrected chi connectivity index (χ2v) is 8.32. The van der Waals surface area contributed by atoms with Gasteiger partial charge in [0, 0.05) is 44.2 Å². The third kappa shape index (κ3) is 4.27. The fourth-order valence-corrected chi connectivity index (χ4v) is 4.83. The number of carbonyl (C=O) groups is 3. The lowest BCUT2D eigenvalue weighted by atomic mass is 9.63. The molecule has 1 saturated carbocycles. The minimum Gasteiger partial charge on any atom is -0.496 e. The molecule has 2 aliphatic rings. The number of hydrogen-bond acceptors (Lipinski definition) is 5. The van der Waals surface area contributed by atoms with Crippen LogP contribution in [0.4, 0.5) is 0 Å². The SMILES string of the molecule is CC#Cc1cc(C)c(C2C(=O)CC3(CCN(C(=O)COC)CC3)CC2=O)c(OC)c1. The molecule has 0 unspecified atom stereocenters. The van der Waals surface area contributed by atoms with E-state index in [1.807, 2.05) is 13.0 Å². The number of carbonyl (C=O) groups excluding carboxylic acids is 3. The molecule has 2 fully saturated rings. The van der Waals surface area contributed by atoms with Gasteiger partial charge in [0.2, 0.25) is 5.91 Å². The van der Waals surface area contributed by atoms with Crippen molar-refractivity contribution in [2.45, 2.75) is 45.4 Å². The lowest BCUT2D eigenvalue weighted by Gasteiger charge is -2.44. The molecule has 0 N–H and O–H groups in total. The average Bonchev–Trinajstić information content (AvgIpc) is 2.69. The van der Waals surface area contributed by atoms with Crippen LogP contribution in [-0.2, 0) is 19.1 Å². The molecule has 1 spiro atoms. The van der Waals surface area contributed by atoms with Crippen molar-refractivity contribution in [3.8, 4) is 17.6 Å². The third-order valence-electron chi connectivity index (χ3n) is 6.31. The number of nitrogens with zero attached hydrogens (tertiary/aromatic N) is 1. The maximum absolute atomic E-state index is 13.2. The number of likely N-dealkylation sites (tertiary alicyclic amines) is 1. The van der Waals surface area contributed by atoms with Gasteiger partial charge in [-0.15, -0.1) is 5.92 Å². The predicted octanol–water partition coefficient (Wildman–Crippen LogP) is 2.65. The minimum atomic E-state index is -0.789. The van der Waals surface area contributed by atoms with Crippen LogP contribution in [0.15, 0.2) is 12.1 Å². The highest BCUT2D eigenvalue weighted by Crippen LogP contribution is 2.47. The molecule has 0 radical (unpaired) electrons. The van der Waals surface area contributed by atoms with Gasteiger partial charge in [0.05, 0.1) is 7.11 Å². The quantitative estimate of drug-likeness (QED) is 0.563. The summed E-state index contributed by atoms with van der Waals surface area (Å²) in [5.74, 6) is 5.45. The molecule has 3 rings (SSSR count). The van der Waals surface area contributed by atoms with Crippen LogP contribution in [0.2, 0.25) is 0 Å². The van der Waals surface area contributed by atoms with Crippen LogP contribution in [0, 0.1) is 24.2 Å². The Bertz CT molecular complexity index is 896. The van der Waals surface area contributed by atoms with Gasteiger partial charge in [-0.05, 0) is 49.8 Å². The summed E-state index contributed by atoms with van der Waals surface area (Å²) >= 11 is 0. The van der Waals surface area contributed by atoms with Crippen molar-refractivity contribution in [1.29, 1.82) is 0 Å². The molecule has 0 atom stereocenters. The Hall–Kier alpha value is -2.65. The van der Waals surface area contributed by atoms with E-state index < -0.39 is 5.92 Å². The first-order valence-electron chi connectivity index (χ1n) is 10.3. The molecule has 6 nitrogen and oxygen atoms in total. The number of rotatable bonds is 4. The zero-order valence-electron chi connectivity index (χ0n) is 18.2. The van der Waals surface area contributed by atoms with Crippen LogP contribution in [-0.4, -0.2) is 56.3 Å². The summed E-state index contributed by atoms with van der Waals surface area (Å²) in [6, 6.07) is 3.70. The van der Waals surface area contributed by atoms with Crippen LogP contribution in [0.25, 0.3) is 0 Å². The van der Waals surface area contributed by atoms with Gasteiger partial charge in [-0.1, -0.05) is 5.92 Å². The fourth-order valence-electron chi connectivity index (χ4n) is 4.83. The number of ether oxygens (including phenoxy) is 2. The van der Waals surface area contributed by atoms with Gasteiger partial charge in [-0.25, -0.2) is 0 Å². The molecule has 1 aromatic rings. The van der Waals surface area contributed by atoms with Crippen molar-refractivity contribution in [3.05, 3.63) is 28.8 Å². The Morgan fingerprint density at radius 3 is 2.33 bits per heavy atom. The van der Waals surface area contributed by atoms with E-state index in [9.17, 15) is 14.4 Å². The lowest BCUT2D eigenvalue weighted by molar-refractivity contribution is -0.141. The maximum Gasteiger partial charge on any atom is 0.248 e. The second kappa shape index (κ2) is 9.01. The number of Topliss-reactive ketones (excluding diaryl/α,β-unsaturated/α-hetero) is 2. The standard InChI is InChI=1S/C24H29NO5/c1-5-6-17-11-16(2)22(20(12-17)30-4)23-18(26)13-24(14-19(23)27)7-9-25(10-8-24)21(28)15-29-3/h11-12,23H,7-10,13-15H2,1-4H3. The molecule has 1 aromatic carbocycles. The van der Waals surface area contributed by atoms with Crippen molar-refractivity contribution < 1.29 is 23.9 Å². The largest absolute Gasteiger partial charge is 0.496 e. The Labute approximate surface area is 177 Å². The zero-order chi connectivity index (χ0) is 21.9. The monoisotopic (exact) mass is 411 g/mol. The summed E-state index contributed by atoms with van der Waals surface area (Å²) in [6.45, 7) is 4.83. The second-order valence-electron chi connectivity index (χ2n) is 8.32. The van der Waals surface area contributed by atoms with E-state index in [1.54, 1.807) is 25.0 Å². The number of hydrogen-bond donors (Lipinski definition) is 0. The highest BCUT2D eigenvalue weighted by molar-refractivity contribution is 6.11. The summed E-state index contributed by atoms with van der Waals surface area (Å²) < 4.78 is 10.5. The summed E-state index contributed by atoms with van der Waals surface area (Å²) in [5, 5.41) is 0. The number of piperidine rings is 1. The molecule has 1 saturated heterocycles. The van der Waals surface area contributed by atoms with Crippen LogP contribution in [0.3, 0.4) is 0 Å². The molecule has 1 aliphatic carbocycles. The van der Waals surface area contributed by atoms with Gasteiger partial charge in [0.25, 0.3) is 0 Å². The Balaban J connectivity index is 1.81. The summed E-state index contributed by atoms with van der Waals surface area (Å²) in [5.41, 5.74) is 1.96. The number of ketones is 2.